The van der Waals surface area contributed by atoms with E-state index >= 15 is 0 Å². The lowest BCUT2D eigenvalue weighted by Crippen LogP contribution is -2.22. The summed E-state index contributed by atoms with van der Waals surface area (Å²) in [7, 11) is 1.57. The summed E-state index contributed by atoms with van der Waals surface area (Å²) in [5.74, 6) is 1.81. The van der Waals surface area contributed by atoms with E-state index in [2.05, 4.69) is 15.1 Å². The van der Waals surface area contributed by atoms with Crippen LogP contribution in [0.25, 0.3) is 16.6 Å². The lowest BCUT2D eigenvalue weighted by atomic mass is 9.72. The summed E-state index contributed by atoms with van der Waals surface area (Å²) in [6.07, 6.45) is -2.34. The minimum Gasteiger partial charge on any atom is -0.494 e. The number of nitrogens with two attached hydrogens (primary N) is 1. The molecule has 7 nitrogen and oxygen atoms in total. The third kappa shape index (κ3) is 3.51. The van der Waals surface area contributed by atoms with Gasteiger partial charge in [0.05, 0.1) is 13.5 Å². The van der Waals surface area contributed by atoms with Crippen LogP contribution in [0.3, 0.4) is 0 Å². The highest BCUT2D eigenvalue weighted by molar-refractivity contribution is 5.95. The number of nitrogen functional groups attached to an aromatic ring is 1. The molecule has 4 aromatic rings. The van der Waals surface area contributed by atoms with Crippen LogP contribution in [0.5, 0.6) is 5.75 Å². The fourth-order valence-corrected chi connectivity index (χ4v) is 4.06. The average molecular weight is 428 g/mol. The molecule has 1 aliphatic rings. The van der Waals surface area contributed by atoms with E-state index in [0.717, 1.165) is 23.9 Å². The number of fused-ring (bicyclic) bond motifs is 3. The SMILES string of the molecule is COc1cccc2c1nc(N)n1nc([C@H]3C[C@H](c4ccc(CC(F)(F)F)cn4)C3)nc21. The normalized spacial score (nSPS) is 19.0. The Morgan fingerprint density at radius 1 is 1.13 bits per heavy atom. The molecule has 0 spiro atoms. The number of para-hydroxylation sites is 1. The summed E-state index contributed by atoms with van der Waals surface area (Å²) in [6, 6.07) is 8.75. The lowest BCUT2D eigenvalue weighted by molar-refractivity contribution is -0.127. The maximum atomic E-state index is 12.5. The number of methoxy groups -OCH3 is 1. The van der Waals surface area contributed by atoms with Crippen molar-refractivity contribution >= 4 is 22.5 Å². The summed E-state index contributed by atoms with van der Waals surface area (Å²) in [6.45, 7) is 0. The number of hydrogen-bond donors (Lipinski definition) is 1. The van der Waals surface area contributed by atoms with Gasteiger partial charge >= 0.3 is 6.18 Å². The van der Waals surface area contributed by atoms with E-state index in [0.29, 0.717) is 22.7 Å². The van der Waals surface area contributed by atoms with Gasteiger partial charge < -0.3 is 10.5 Å². The van der Waals surface area contributed by atoms with Crippen molar-refractivity contribution in [1.29, 1.82) is 0 Å². The van der Waals surface area contributed by atoms with Crippen molar-refractivity contribution in [3.8, 4) is 5.75 Å². The number of rotatable bonds is 4. The Labute approximate surface area is 175 Å². The number of hydrogen-bond acceptors (Lipinski definition) is 6. The molecule has 1 aliphatic carbocycles. The van der Waals surface area contributed by atoms with Crippen LogP contribution in [0.2, 0.25) is 0 Å². The number of alkyl halides is 3. The van der Waals surface area contributed by atoms with Gasteiger partial charge in [-0.3, -0.25) is 4.98 Å². The molecule has 0 radical (unpaired) electrons. The highest BCUT2D eigenvalue weighted by atomic mass is 19.4. The molecule has 1 saturated carbocycles. The van der Waals surface area contributed by atoms with Crippen molar-refractivity contribution in [2.45, 2.75) is 37.3 Å². The second-order valence-electron chi connectivity index (χ2n) is 7.78. The number of benzene rings is 1. The molecule has 1 fully saturated rings. The van der Waals surface area contributed by atoms with Crippen LogP contribution in [0.15, 0.2) is 36.5 Å². The van der Waals surface area contributed by atoms with Crippen molar-refractivity contribution in [2.24, 2.45) is 0 Å². The molecule has 1 aromatic carbocycles. The zero-order valence-corrected chi connectivity index (χ0v) is 16.6. The topological polar surface area (TPSA) is 91.2 Å². The fraction of sp³-hybridized carbons (Fsp3) is 0.333. The molecule has 0 amide bonds. The third-order valence-electron chi connectivity index (χ3n) is 5.70. The molecule has 0 atom stereocenters. The van der Waals surface area contributed by atoms with Gasteiger partial charge in [0.2, 0.25) is 5.95 Å². The average Bonchev–Trinajstić information content (AvgIpc) is 3.12. The predicted octanol–water partition coefficient (Wildman–Crippen LogP) is 4.03. The van der Waals surface area contributed by atoms with Crippen LogP contribution in [0.1, 0.15) is 41.8 Å². The standard InChI is InChI=1S/C21H19F3N6O/c1-31-16-4-2-3-14-17(16)27-20(25)30-19(14)28-18(29-30)13-7-12(8-13)15-6-5-11(10-26-15)9-21(22,23)24/h2-6,10,12-13H,7-9H2,1H3,(H2,25,27)/t12-,13-. The van der Waals surface area contributed by atoms with E-state index in [4.69, 9.17) is 15.5 Å². The molecule has 10 heteroatoms. The van der Waals surface area contributed by atoms with Gasteiger partial charge in [0, 0.05) is 29.1 Å². The van der Waals surface area contributed by atoms with Crippen molar-refractivity contribution in [3.05, 3.63) is 53.6 Å². The first kappa shape index (κ1) is 19.5. The monoisotopic (exact) mass is 428 g/mol. The zero-order valence-electron chi connectivity index (χ0n) is 16.6. The molecule has 0 unspecified atom stereocenters. The van der Waals surface area contributed by atoms with E-state index < -0.39 is 12.6 Å². The first-order valence-corrected chi connectivity index (χ1v) is 9.83. The smallest absolute Gasteiger partial charge is 0.393 e. The quantitative estimate of drug-likeness (QED) is 0.528. The van der Waals surface area contributed by atoms with Crippen molar-refractivity contribution in [2.75, 3.05) is 12.8 Å². The van der Waals surface area contributed by atoms with Crippen LogP contribution < -0.4 is 10.5 Å². The molecule has 0 saturated heterocycles. The van der Waals surface area contributed by atoms with Crippen LogP contribution in [-0.2, 0) is 6.42 Å². The Hall–Kier alpha value is -3.43. The largest absolute Gasteiger partial charge is 0.494 e. The van der Waals surface area contributed by atoms with Crippen LogP contribution >= 0.6 is 0 Å². The van der Waals surface area contributed by atoms with E-state index in [9.17, 15) is 13.2 Å². The van der Waals surface area contributed by atoms with Gasteiger partial charge in [0.1, 0.15) is 11.3 Å². The molecular formula is C21H19F3N6O. The number of aromatic nitrogens is 5. The lowest BCUT2D eigenvalue weighted by Gasteiger charge is -2.33. The second kappa shape index (κ2) is 7.07. The Kier molecular flexibility index (Phi) is 4.45. The zero-order chi connectivity index (χ0) is 21.8. The predicted molar refractivity (Wildman–Crippen MR) is 108 cm³/mol. The highest BCUT2D eigenvalue weighted by Crippen LogP contribution is 2.46. The van der Waals surface area contributed by atoms with Crippen molar-refractivity contribution in [1.82, 2.24) is 24.6 Å². The molecule has 3 heterocycles. The van der Waals surface area contributed by atoms with E-state index in [1.807, 2.05) is 18.2 Å². The number of ether oxygens (including phenoxy) is 1. The minimum absolute atomic E-state index is 0.126. The summed E-state index contributed by atoms with van der Waals surface area (Å²) in [5.41, 5.74) is 8.31. The Bertz CT molecular complexity index is 1260. The van der Waals surface area contributed by atoms with Crippen LogP contribution in [0.4, 0.5) is 19.1 Å². The molecule has 5 rings (SSSR count). The molecule has 2 N–H and O–H groups in total. The van der Waals surface area contributed by atoms with Crippen molar-refractivity contribution in [3.63, 3.8) is 0 Å². The minimum atomic E-state index is -4.23. The number of anilines is 1. The van der Waals surface area contributed by atoms with E-state index in [1.165, 1.54) is 16.8 Å². The van der Waals surface area contributed by atoms with Gasteiger partial charge in [-0.2, -0.15) is 17.7 Å². The van der Waals surface area contributed by atoms with Gasteiger partial charge in [-0.05, 0) is 36.6 Å². The van der Waals surface area contributed by atoms with Crippen LogP contribution in [-0.4, -0.2) is 37.9 Å². The Morgan fingerprint density at radius 2 is 1.94 bits per heavy atom. The van der Waals surface area contributed by atoms with Crippen molar-refractivity contribution < 1.29 is 17.9 Å². The number of halogens is 3. The number of nitrogens with zero attached hydrogens (tertiary/aromatic N) is 5. The van der Waals surface area contributed by atoms with Crippen LogP contribution in [0, 0.1) is 0 Å². The summed E-state index contributed by atoms with van der Waals surface area (Å²) >= 11 is 0. The van der Waals surface area contributed by atoms with Gasteiger partial charge in [-0.25, -0.2) is 9.97 Å². The third-order valence-corrected chi connectivity index (χ3v) is 5.70. The van der Waals surface area contributed by atoms with E-state index in [-0.39, 0.29) is 23.3 Å². The summed E-state index contributed by atoms with van der Waals surface area (Å²) < 4.78 is 44.4. The van der Waals surface area contributed by atoms with Gasteiger partial charge in [0.15, 0.2) is 11.5 Å². The maximum absolute atomic E-state index is 12.5. The summed E-state index contributed by atoms with van der Waals surface area (Å²) in [5, 5.41) is 5.35. The van der Waals surface area contributed by atoms with E-state index in [1.54, 1.807) is 13.2 Å². The first-order valence-electron chi connectivity index (χ1n) is 9.83. The Morgan fingerprint density at radius 3 is 2.61 bits per heavy atom. The molecule has 160 valence electrons. The molecular weight excluding hydrogens is 409 g/mol. The van der Waals surface area contributed by atoms with Gasteiger partial charge in [-0.1, -0.05) is 12.1 Å². The maximum Gasteiger partial charge on any atom is 0.393 e. The molecule has 0 bridgehead atoms. The van der Waals surface area contributed by atoms with Gasteiger partial charge in [-0.15, -0.1) is 5.10 Å². The number of pyridine rings is 1. The molecule has 31 heavy (non-hydrogen) atoms. The second-order valence-corrected chi connectivity index (χ2v) is 7.78. The molecule has 0 aliphatic heterocycles. The first-order chi connectivity index (χ1) is 14.8. The fourth-order valence-electron chi connectivity index (χ4n) is 4.06. The highest BCUT2D eigenvalue weighted by Gasteiger charge is 2.35. The summed E-state index contributed by atoms with van der Waals surface area (Å²) in [4.78, 5) is 13.4. The molecule has 3 aromatic heterocycles. The van der Waals surface area contributed by atoms with Gasteiger partial charge in [0.25, 0.3) is 0 Å². The Balaban J connectivity index is 1.37.